The first-order valence-corrected chi connectivity index (χ1v) is 32.6. The normalized spacial score (nSPS) is 11.4. The average Bonchev–Trinajstić information content (AvgIpc) is 4.15. The van der Waals surface area contributed by atoms with Gasteiger partial charge in [-0.05, 0) is 98.7 Å². The summed E-state index contributed by atoms with van der Waals surface area (Å²) in [6, 6.07) is 8.78. The second-order valence-corrected chi connectivity index (χ2v) is 29.4. The number of nitrogens with zero attached hydrogens (tertiary/aromatic N) is 5. The zero-order valence-corrected chi connectivity index (χ0v) is 55.5. The Balaban J connectivity index is -0.000000303. The van der Waals surface area contributed by atoms with E-state index >= 15 is 0 Å². The molecule has 5 N–H and O–H groups in total. The second-order valence-electron chi connectivity index (χ2n) is 19.6. The van der Waals surface area contributed by atoms with E-state index in [0.29, 0.717) is 23.4 Å². The summed E-state index contributed by atoms with van der Waals surface area (Å²) >= 11 is -1.44. The van der Waals surface area contributed by atoms with Gasteiger partial charge in [0, 0.05) is 110 Å². The first-order valence-electron chi connectivity index (χ1n) is 22.6. The number of esters is 3. The molecule has 0 amide bonds. The van der Waals surface area contributed by atoms with Crippen molar-refractivity contribution in [3.63, 3.8) is 0 Å². The number of aldehydes is 1. The van der Waals surface area contributed by atoms with E-state index in [1.165, 1.54) is 85.1 Å². The van der Waals surface area contributed by atoms with Gasteiger partial charge in [-0.25, -0.2) is 62.2 Å². The van der Waals surface area contributed by atoms with Gasteiger partial charge < -0.3 is 43.6 Å². The van der Waals surface area contributed by atoms with E-state index in [2.05, 4.69) is 39.1 Å². The molecule has 0 aliphatic rings. The number of hydrogen-bond acceptors (Lipinski definition) is 20. The molecule has 29 nitrogen and oxygen atoms in total. The third-order valence-corrected chi connectivity index (χ3v) is 15.5. The molecule has 5 aromatic rings. The number of halogens is 2. The fourth-order valence-electron chi connectivity index (χ4n) is 5.82. The Morgan fingerprint density at radius 3 is 1.13 bits per heavy atom. The summed E-state index contributed by atoms with van der Waals surface area (Å²) in [6.45, 7) is 15.7. The quantitative estimate of drug-likeness (QED) is 0.0267. The summed E-state index contributed by atoms with van der Waals surface area (Å²) in [4.78, 5) is 44.2. The van der Waals surface area contributed by atoms with Crippen LogP contribution in [0.3, 0.4) is 0 Å². The van der Waals surface area contributed by atoms with Crippen molar-refractivity contribution < 1.29 is 128 Å². The number of aliphatic hydroxyl groups excluding tert-OH is 1. The third kappa shape index (κ3) is 33.1. The zero-order valence-electron chi connectivity index (χ0n) is 49.7. The summed E-state index contributed by atoms with van der Waals surface area (Å²) < 4.78 is 164. The number of ether oxygens (including phenoxy) is 3. The molecule has 475 valence electrons. The summed E-state index contributed by atoms with van der Waals surface area (Å²) in [5, 5.41) is 8.99. The SMILES string of the molecule is COC(=O)c1cc(S(=O)(=O)Cl)cn1C.COC(=O)c1cc(S(=O)(=O)NC(C)(C)C)cn1C.COC(=O)c1cccn1C.Cn1cc(S(=O)(=O)NC(C)(C)C)cc1C=O.Cn1cc(S(=O)(=O)NC(C)(C)C)cc1CO.O=S(=O)(O)Cl.[AlH3].[H-].[Li+].[O]=[Mn]=[O]. The van der Waals surface area contributed by atoms with Crippen LogP contribution in [0, 0.1) is 0 Å². The predicted octanol–water partition coefficient (Wildman–Crippen LogP) is -0.331. The monoisotopic (exact) mass is 1380 g/mol. The van der Waals surface area contributed by atoms with Crippen LogP contribution >= 0.6 is 21.4 Å². The second kappa shape index (κ2) is 36.2. The van der Waals surface area contributed by atoms with Crippen molar-refractivity contribution in [1.29, 1.82) is 0 Å². The number of methoxy groups -OCH3 is 3. The summed E-state index contributed by atoms with van der Waals surface area (Å²) in [6.07, 6.45) is 7.94. The average molecular weight is 1380 g/mol. The molecule has 39 heteroatoms. The van der Waals surface area contributed by atoms with Crippen molar-refractivity contribution in [1.82, 2.24) is 37.0 Å². The van der Waals surface area contributed by atoms with Crippen LogP contribution in [-0.4, -0.2) is 154 Å². The number of aromatic nitrogens is 5. The molecule has 0 unspecified atom stereocenters. The van der Waals surface area contributed by atoms with Crippen molar-refractivity contribution in [3.05, 3.63) is 95.9 Å². The van der Waals surface area contributed by atoms with Crippen molar-refractivity contribution in [3.8, 4) is 0 Å². The Bertz CT molecular complexity index is 3600. The number of hydrogen-bond donors (Lipinski definition) is 5. The Morgan fingerprint density at radius 1 is 0.571 bits per heavy atom. The molecule has 0 bridgehead atoms. The number of aliphatic hydroxyl groups is 1. The molecular weight excluding hydrogens is 1310 g/mol. The van der Waals surface area contributed by atoms with E-state index in [1.807, 2.05) is 0 Å². The van der Waals surface area contributed by atoms with Crippen LogP contribution in [-0.2, 0) is 127 Å². The van der Waals surface area contributed by atoms with E-state index in [0.717, 1.165) is 6.07 Å². The van der Waals surface area contributed by atoms with Gasteiger partial charge in [0.2, 0.25) is 30.1 Å². The summed E-state index contributed by atoms with van der Waals surface area (Å²) in [5.41, 5.74) is 0.133. The Kier molecular flexibility index (Phi) is 37.2. The van der Waals surface area contributed by atoms with Crippen LogP contribution < -0.4 is 33.0 Å². The van der Waals surface area contributed by atoms with Gasteiger partial charge in [0.25, 0.3) is 9.05 Å². The Morgan fingerprint density at radius 2 is 0.869 bits per heavy atom. The van der Waals surface area contributed by atoms with E-state index in [4.69, 9.17) is 36.4 Å². The van der Waals surface area contributed by atoms with Crippen molar-refractivity contribution >= 4 is 111 Å². The van der Waals surface area contributed by atoms with E-state index in [1.54, 1.807) is 118 Å². The van der Waals surface area contributed by atoms with Gasteiger partial charge in [0.15, 0.2) is 23.6 Å². The van der Waals surface area contributed by atoms with Crippen LogP contribution in [0.5, 0.6) is 0 Å². The molecular formula is C45H74AlCl2LiMnN8O21S5. The molecule has 0 radical (unpaired) electrons. The molecule has 5 heterocycles. The fourth-order valence-corrected chi connectivity index (χ4v) is 11.1. The van der Waals surface area contributed by atoms with E-state index < -0.39 is 91.8 Å². The van der Waals surface area contributed by atoms with E-state index in [-0.39, 0.29) is 81.2 Å². The Labute approximate surface area is 529 Å². The van der Waals surface area contributed by atoms with Gasteiger partial charge in [0.1, 0.15) is 31.8 Å². The number of nitrogens with one attached hydrogen (secondary N) is 3. The van der Waals surface area contributed by atoms with Crippen LogP contribution in [0.4, 0.5) is 0 Å². The third-order valence-electron chi connectivity index (χ3n) is 9.00. The molecule has 0 fully saturated rings. The number of rotatable bonds is 12. The first-order chi connectivity index (χ1) is 36.9. The van der Waals surface area contributed by atoms with Crippen molar-refractivity contribution in [2.45, 2.75) is 105 Å². The zero-order chi connectivity index (χ0) is 65.0. The molecule has 5 aromatic heterocycles. The van der Waals surface area contributed by atoms with E-state index in [9.17, 15) is 52.8 Å². The minimum atomic E-state index is -4.19. The molecule has 84 heavy (non-hydrogen) atoms. The van der Waals surface area contributed by atoms with Crippen molar-refractivity contribution in [2.75, 3.05) is 21.3 Å². The maximum atomic E-state index is 12.0. The van der Waals surface area contributed by atoms with Crippen LogP contribution in [0.15, 0.2) is 87.0 Å². The van der Waals surface area contributed by atoms with Crippen LogP contribution in [0.2, 0.25) is 0 Å². The molecule has 0 saturated heterocycles. The number of carbonyl (C=O) groups excluding carboxylic acids is 4. The first kappa shape index (κ1) is 86.3. The van der Waals surface area contributed by atoms with Gasteiger partial charge in [-0.1, -0.05) is 0 Å². The van der Waals surface area contributed by atoms with Gasteiger partial charge >= 0.3 is 68.6 Å². The summed E-state index contributed by atoms with van der Waals surface area (Å²) in [7, 11) is 2.51. The van der Waals surface area contributed by atoms with Crippen molar-refractivity contribution in [2.24, 2.45) is 35.2 Å². The number of aryl methyl sites for hydroxylation is 5. The molecule has 0 atom stereocenters. The molecule has 0 aromatic carbocycles. The molecule has 5 rings (SSSR count). The minimum absolute atomic E-state index is 0. The fraction of sp³-hybridized carbons (Fsp3) is 0.467. The summed E-state index contributed by atoms with van der Waals surface area (Å²) in [5.74, 6) is -1.48. The molecule has 0 aliphatic carbocycles. The van der Waals surface area contributed by atoms with Crippen LogP contribution in [0.1, 0.15) is 111 Å². The Hall–Kier alpha value is -4.14. The van der Waals surface area contributed by atoms with Crippen LogP contribution in [0.25, 0.3) is 0 Å². The van der Waals surface area contributed by atoms with Gasteiger partial charge in [-0.15, -0.1) is 0 Å². The molecule has 0 spiro atoms. The number of sulfonamides is 3. The predicted molar refractivity (Wildman–Crippen MR) is 305 cm³/mol. The standard InChI is InChI=1S/C11H18N2O4S.C10H18N2O3S.C10H16N2O3S.C7H8ClNO4S.C7H9NO2.Al.ClHO3S.Li.Mn.2O.4H/c1-11(2,3)12-18(15,16)8-6-9(10(14)17-5)13(4)7-8;2*1-10(2,3)11-16(14,15)9-5-8(7-13)12(4)6-9;1-9-4-5(14(8,11)12)3-6(9)7(10)13-2;1-8-5-3-4-6(8)7(9)10-2;;1-5(2,3)4;;;;;;;;/h6-7,12H,1-5H3;5-6,11,13H,7H2,1-4H3;5-7,11H,1-4H3;3-4H,1-2H3;3-5H,1-2H3;;(H,2,3,4);;;;;;;;/q;;;;;;;+1;;;;;;;-1. The number of carbonyl (C=O) groups is 4. The topological polar surface area (TPSA) is 402 Å². The molecule has 0 saturated carbocycles. The van der Waals surface area contributed by atoms with Gasteiger partial charge in [-0.3, -0.25) is 9.35 Å². The maximum absolute atomic E-state index is 12.0. The molecule has 0 aliphatic heterocycles. The van der Waals surface area contributed by atoms with Gasteiger partial charge in [0.05, 0.1) is 38.5 Å². The van der Waals surface area contributed by atoms with Gasteiger partial charge in [-0.2, -0.15) is 8.42 Å².